The molecule has 3 saturated heterocycles. The fourth-order valence-electron chi connectivity index (χ4n) is 3.85. The number of nitrogens with zero attached hydrogens (tertiary/aromatic N) is 3. The second-order valence-corrected chi connectivity index (χ2v) is 8.94. The number of aliphatic imine (C=N–C) groups is 1. The zero-order chi connectivity index (χ0) is 21.6. The molecule has 3 fully saturated rings. The number of amides is 1. The summed E-state index contributed by atoms with van der Waals surface area (Å²) in [6.07, 6.45) is 0.433. The molecule has 1 aromatic carbocycles. The maximum absolute atomic E-state index is 11.8. The number of fused-ring (bicyclic) bond motifs is 3. The zero-order valence-corrected chi connectivity index (χ0v) is 21.4. The molecule has 0 aromatic heterocycles. The van der Waals surface area contributed by atoms with E-state index in [2.05, 4.69) is 30.7 Å². The maximum atomic E-state index is 11.8. The van der Waals surface area contributed by atoms with Gasteiger partial charge in [0.25, 0.3) is 0 Å². The number of guanidine groups is 1. The number of hydrogen-bond donors (Lipinski definition) is 3. The summed E-state index contributed by atoms with van der Waals surface area (Å²) in [5.74, 6) is 0.843. The van der Waals surface area contributed by atoms with Crippen molar-refractivity contribution in [3.8, 4) is 0 Å². The van der Waals surface area contributed by atoms with Gasteiger partial charge >= 0.3 is 6.09 Å². The SMILES string of the molecule is CN=C(NCCc1ccc(NC(=O)OC(C)(C)C)cc1)NCC1CN2CCN1CC2.I. The molecule has 1 amide bonds. The Morgan fingerprint density at radius 2 is 1.81 bits per heavy atom. The van der Waals surface area contributed by atoms with Crippen molar-refractivity contribution in [2.24, 2.45) is 4.99 Å². The summed E-state index contributed by atoms with van der Waals surface area (Å²) in [7, 11) is 1.81. The van der Waals surface area contributed by atoms with Crippen molar-refractivity contribution in [1.29, 1.82) is 0 Å². The van der Waals surface area contributed by atoms with Crippen molar-refractivity contribution in [3.63, 3.8) is 0 Å². The fourth-order valence-corrected chi connectivity index (χ4v) is 3.85. The second-order valence-electron chi connectivity index (χ2n) is 8.94. The average molecular weight is 544 g/mol. The first-order valence-electron chi connectivity index (χ1n) is 10.8. The maximum Gasteiger partial charge on any atom is 0.412 e. The number of carbonyl (C=O) groups excluding carboxylic acids is 1. The van der Waals surface area contributed by atoms with Crippen LogP contribution in [-0.2, 0) is 11.2 Å². The molecule has 1 unspecified atom stereocenters. The van der Waals surface area contributed by atoms with Crippen LogP contribution in [0.25, 0.3) is 0 Å². The summed E-state index contributed by atoms with van der Waals surface area (Å²) < 4.78 is 5.27. The molecule has 0 spiro atoms. The standard InChI is InChI=1S/C22H36N6O2.HI/c1-22(2,3)30-21(29)26-18-7-5-17(6-8-18)9-10-24-20(23-4)25-15-19-16-27-11-13-28(19)14-12-27;/h5-8,19H,9-16H2,1-4H3,(H,26,29)(H2,23,24,25);1H. The van der Waals surface area contributed by atoms with Gasteiger partial charge < -0.3 is 15.4 Å². The molecule has 3 heterocycles. The molecule has 4 rings (SSSR count). The Morgan fingerprint density at radius 1 is 1.13 bits per heavy atom. The van der Waals surface area contributed by atoms with E-state index in [0.29, 0.717) is 6.04 Å². The largest absolute Gasteiger partial charge is 0.444 e. The van der Waals surface area contributed by atoms with Gasteiger partial charge in [0.05, 0.1) is 0 Å². The first-order valence-corrected chi connectivity index (χ1v) is 10.8. The van der Waals surface area contributed by atoms with Gasteiger partial charge in [0.1, 0.15) is 5.60 Å². The summed E-state index contributed by atoms with van der Waals surface area (Å²) in [5.41, 5.74) is 1.41. The number of halogens is 1. The molecule has 0 aliphatic carbocycles. The first kappa shape index (κ1) is 25.7. The van der Waals surface area contributed by atoms with E-state index in [1.165, 1.54) is 31.7 Å². The lowest BCUT2D eigenvalue weighted by molar-refractivity contribution is 0.0154. The van der Waals surface area contributed by atoms with E-state index >= 15 is 0 Å². The summed E-state index contributed by atoms with van der Waals surface area (Å²) >= 11 is 0. The van der Waals surface area contributed by atoms with E-state index in [9.17, 15) is 4.79 Å². The highest BCUT2D eigenvalue weighted by Gasteiger charge is 2.31. The number of anilines is 1. The molecule has 0 radical (unpaired) electrons. The van der Waals surface area contributed by atoms with E-state index in [1.54, 1.807) is 0 Å². The summed E-state index contributed by atoms with van der Waals surface area (Å²) in [4.78, 5) is 21.3. The number of hydrogen-bond acceptors (Lipinski definition) is 5. The third kappa shape index (κ3) is 8.46. The van der Waals surface area contributed by atoms with Gasteiger partial charge in [-0.15, -0.1) is 24.0 Å². The monoisotopic (exact) mass is 544 g/mol. The minimum Gasteiger partial charge on any atom is -0.444 e. The Bertz CT molecular complexity index is 727. The lowest BCUT2D eigenvalue weighted by atomic mass is 10.1. The summed E-state index contributed by atoms with van der Waals surface area (Å²) in [6, 6.07) is 8.40. The van der Waals surface area contributed by atoms with Crippen LogP contribution in [0.5, 0.6) is 0 Å². The molecular formula is C22H37IN6O2. The Kier molecular flexibility index (Phi) is 9.83. The van der Waals surface area contributed by atoms with Crippen LogP contribution in [0.2, 0.25) is 0 Å². The van der Waals surface area contributed by atoms with Crippen LogP contribution >= 0.6 is 24.0 Å². The molecule has 9 heteroatoms. The Labute approximate surface area is 203 Å². The van der Waals surface area contributed by atoms with Crippen LogP contribution in [0.4, 0.5) is 10.5 Å². The van der Waals surface area contributed by atoms with Gasteiger partial charge in [-0.05, 0) is 44.9 Å². The van der Waals surface area contributed by atoms with Gasteiger partial charge in [-0.2, -0.15) is 0 Å². The predicted octanol–water partition coefficient (Wildman–Crippen LogP) is 2.36. The van der Waals surface area contributed by atoms with E-state index < -0.39 is 11.7 Å². The van der Waals surface area contributed by atoms with E-state index in [0.717, 1.165) is 37.7 Å². The molecule has 174 valence electrons. The smallest absolute Gasteiger partial charge is 0.412 e. The number of rotatable bonds is 6. The summed E-state index contributed by atoms with van der Waals surface area (Å²) in [6.45, 7) is 13.2. The molecule has 1 aromatic rings. The normalized spacial score (nSPS) is 23.0. The number of nitrogens with one attached hydrogen (secondary N) is 3. The van der Waals surface area contributed by atoms with Crippen LogP contribution in [0.15, 0.2) is 29.3 Å². The Morgan fingerprint density at radius 3 is 2.35 bits per heavy atom. The van der Waals surface area contributed by atoms with Crippen molar-refractivity contribution >= 4 is 41.7 Å². The van der Waals surface area contributed by atoms with E-state index in [1.807, 2.05) is 52.1 Å². The van der Waals surface area contributed by atoms with Gasteiger partial charge in [-0.3, -0.25) is 20.1 Å². The van der Waals surface area contributed by atoms with Crippen molar-refractivity contribution in [1.82, 2.24) is 20.4 Å². The van der Waals surface area contributed by atoms with Gasteiger partial charge in [0.15, 0.2) is 5.96 Å². The quantitative estimate of drug-likeness (QED) is 0.290. The van der Waals surface area contributed by atoms with Crippen molar-refractivity contribution < 1.29 is 9.53 Å². The number of piperazine rings is 3. The molecule has 3 aliphatic rings. The third-order valence-electron chi connectivity index (χ3n) is 5.43. The van der Waals surface area contributed by atoms with Gasteiger partial charge in [0.2, 0.25) is 0 Å². The minimum absolute atomic E-state index is 0. The van der Waals surface area contributed by atoms with Crippen LogP contribution in [-0.4, -0.2) is 86.4 Å². The molecule has 31 heavy (non-hydrogen) atoms. The highest BCUT2D eigenvalue weighted by molar-refractivity contribution is 14.0. The van der Waals surface area contributed by atoms with Crippen LogP contribution in [0.1, 0.15) is 26.3 Å². The average Bonchev–Trinajstić information content (AvgIpc) is 2.71. The van der Waals surface area contributed by atoms with Crippen LogP contribution in [0.3, 0.4) is 0 Å². The Balaban J connectivity index is 0.00000341. The zero-order valence-electron chi connectivity index (χ0n) is 19.1. The summed E-state index contributed by atoms with van der Waals surface area (Å²) in [5, 5.41) is 9.61. The van der Waals surface area contributed by atoms with Gasteiger partial charge in [-0.25, -0.2) is 4.79 Å². The first-order chi connectivity index (χ1) is 14.3. The van der Waals surface area contributed by atoms with Crippen molar-refractivity contribution in [2.75, 3.05) is 58.2 Å². The lowest BCUT2D eigenvalue weighted by Crippen LogP contribution is -2.63. The Hall–Kier alpha value is -1.59. The minimum atomic E-state index is -0.506. The van der Waals surface area contributed by atoms with Crippen LogP contribution in [0, 0.1) is 0 Å². The molecule has 2 bridgehead atoms. The molecule has 3 aliphatic heterocycles. The van der Waals surface area contributed by atoms with E-state index in [4.69, 9.17) is 4.74 Å². The third-order valence-corrected chi connectivity index (χ3v) is 5.43. The predicted molar refractivity (Wildman–Crippen MR) is 137 cm³/mol. The highest BCUT2D eigenvalue weighted by atomic mass is 127. The molecule has 8 nitrogen and oxygen atoms in total. The van der Waals surface area contributed by atoms with Gasteiger partial charge in [-0.1, -0.05) is 12.1 Å². The molecule has 0 saturated carbocycles. The topological polar surface area (TPSA) is 81.2 Å². The van der Waals surface area contributed by atoms with Crippen molar-refractivity contribution in [2.45, 2.75) is 38.8 Å². The van der Waals surface area contributed by atoms with Crippen molar-refractivity contribution in [3.05, 3.63) is 29.8 Å². The molecule has 3 N–H and O–H groups in total. The lowest BCUT2D eigenvalue weighted by Gasteiger charge is -2.47. The van der Waals surface area contributed by atoms with Crippen LogP contribution < -0.4 is 16.0 Å². The number of ether oxygens (including phenoxy) is 1. The second kappa shape index (κ2) is 11.9. The van der Waals surface area contributed by atoms with Gasteiger partial charge in [0, 0.05) is 64.6 Å². The molecule has 1 atom stereocenters. The number of benzene rings is 1. The highest BCUT2D eigenvalue weighted by Crippen LogP contribution is 2.15. The fraction of sp³-hybridized carbons (Fsp3) is 0.636. The number of carbonyl (C=O) groups is 1. The molecular weight excluding hydrogens is 507 g/mol. The van der Waals surface area contributed by atoms with E-state index in [-0.39, 0.29) is 24.0 Å².